The fourth-order valence-electron chi connectivity index (χ4n) is 6.33. The lowest BCUT2D eigenvalue weighted by atomic mass is 9.90. The summed E-state index contributed by atoms with van der Waals surface area (Å²) in [4.78, 5) is 2.01. The quantitative estimate of drug-likeness (QED) is 0.0641. The first-order valence-electron chi connectivity index (χ1n) is 17.5. The van der Waals surface area contributed by atoms with E-state index in [4.69, 9.17) is 0 Å². The Kier molecular flexibility index (Phi) is 25.5. The van der Waals surface area contributed by atoms with Crippen molar-refractivity contribution in [1.82, 2.24) is 4.90 Å². The summed E-state index contributed by atoms with van der Waals surface area (Å²) in [6.45, 7) is 8.05. The zero-order chi connectivity index (χ0) is 27.4. The largest absolute Gasteiger partial charge is 0.311 e. The molecule has 0 amide bonds. The van der Waals surface area contributed by atoms with E-state index < -0.39 is 0 Å². The second kappa shape index (κ2) is 27.6. The molecule has 0 radical (unpaired) electrons. The van der Waals surface area contributed by atoms with Crippen molar-refractivity contribution >= 4 is 0 Å². The van der Waals surface area contributed by atoms with E-state index in [2.05, 4.69) is 19.7 Å². The van der Waals surface area contributed by atoms with Crippen molar-refractivity contribution in [3.05, 3.63) is 12.2 Å². The predicted molar refractivity (Wildman–Crippen MR) is 169 cm³/mol. The highest BCUT2D eigenvalue weighted by Gasteiger charge is 2.09. The normalized spacial score (nSPS) is 16.2. The van der Waals surface area contributed by atoms with Crippen LogP contribution < -0.4 is 0 Å². The standard InChI is InChI=1S/C36H68N2/c1-35(2)28-22-16-10-9-15-21-27-33-38(34-37)32-26-20-14-8-7-13-19-25-31-36-29-23-17-11-5-3-4-6-12-18-24-30-36/h36H,1,3-33H2,2H3. The van der Waals surface area contributed by atoms with Crippen LogP contribution in [0.1, 0.15) is 193 Å². The van der Waals surface area contributed by atoms with Crippen molar-refractivity contribution < 1.29 is 0 Å². The number of nitriles is 1. The Bertz CT molecular complexity index is 534. The van der Waals surface area contributed by atoms with Gasteiger partial charge >= 0.3 is 0 Å². The lowest BCUT2D eigenvalue weighted by molar-refractivity contribution is 0.360. The van der Waals surface area contributed by atoms with Crippen molar-refractivity contribution in [2.75, 3.05) is 13.1 Å². The maximum absolute atomic E-state index is 9.45. The molecule has 0 saturated heterocycles. The molecule has 1 rings (SSSR count). The van der Waals surface area contributed by atoms with Crippen LogP contribution in [0.3, 0.4) is 0 Å². The zero-order valence-corrected chi connectivity index (χ0v) is 26.1. The van der Waals surface area contributed by atoms with Crippen molar-refractivity contribution in [1.29, 1.82) is 5.26 Å². The van der Waals surface area contributed by atoms with Crippen LogP contribution in [0.2, 0.25) is 0 Å². The van der Waals surface area contributed by atoms with Crippen molar-refractivity contribution in [3.63, 3.8) is 0 Å². The molecule has 222 valence electrons. The van der Waals surface area contributed by atoms with Crippen LogP contribution in [0.25, 0.3) is 0 Å². The van der Waals surface area contributed by atoms with E-state index >= 15 is 0 Å². The molecule has 0 N–H and O–H groups in total. The molecule has 0 spiro atoms. The highest BCUT2D eigenvalue weighted by Crippen LogP contribution is 2.25. The smallest absolute Gasteiger partial charge is 0.179 e. The number of allylic oxidation sites excluding steroid dienone is 1. The molecule has 0 unspecified atom stereocenters. The summed E-state index contributed by atoms with van der Waals surface area (Å²) < 4.78 is 0. The van der Waals surface area contributed by atoms with Crippen LogP contribution in [-0.4, -0.2) is 18.0 Å². The molecule has 1 saturated carbocycles. The Hall–Kier alpha value is -0.970. The minimum absolute atomic E-state index is 0.965. The van der Waals surface area contributed by atoms with E-state index in [-0.39, 0.29) is 0 Å². The van der Waals surface area contributed by atoms with E-state index in [1.807, 2.05) is 4.90 Å². The fourth-order valence-corrected chi connectivity index (χ4v) is 6.33. The minimum Gasteiger partial charge on any atom is -0.311 e. The van der Waals surface area contributed by atoms with E-state index in [0.29, 0.717) is 0 Å². The van der Waals surface area contributed by atoms with Crippen LogP contribution in [0, 0.1) is 17.4 Å². The summed E-state index contributed by atoms with van der Waals surface area (Å²) in [5.74, 6) is 1.02. The van der Waals surface area contributed by atoms with E-state index in [9.17, 15) is 5.26 Å². The van der Waals surface area contributed by atoms with Gasteiger partial charge in [-0.25, -0.2) is 0 Å². The van der Waals surface area contributed by atoms with Gasteiger partial charge < -0.3 is 4.90 Å². The molecule has 0 atom stereocenters. The van der Waals surface area contributed by atoms with Crippen LogP contribution >= 0.6 is 0 Å². The SMILES string of the molecule is C=C(C)CCCCCCCCCN(C#N)CCCCCCCCCCC1CCCCCCCCCCCC1. The Morgan fingerprint density at radius 1 is 0.579 bits per heavy atom. The van der Waals surface area contributed by atoms with Crippen molar-refractivity contribution in [3.8, 4) is 6.19 Å². The van der Waals surface area contributed by atoms with Gasteiger partial charge in [0.1, 0.15) is 0 Å². The number of hydrogen-bond donors (Lipinski definition) is 0. The van der Waals surface area contributed by atoms with Gasteiger partial charge in [0.2, 0.25) is 0 Å². The molecule has 0 aliphatic heterocycles. The van der Waals surface area contributed by atoms with Gasteiger partial charge in [-0.2, -0.15) is 5.26 Å². The topological polar surface area (TPSA) is 27.0 Å². The Morgan fingerprint density at radius 3 is 1.37 bits per heavy atom. The summed E-state index contributed by atoms with van der Waals surface area (Å²) in [5, 5.41) is 9.45. The summed E-state index contributed by atoms with van der Waals surface area (Å²) >= 11 is 0. The predicted octanol–water partition coefficient (Wildman–Crippen LogP) is 12.3. The van der Waals surface area contributed by atoms with Crippen LogP contribution in [0.4, 0.5) is 0 Å². The monoisotopic (exact) mass is 529 g/mol. The molecule has 1 fully saturated rings. The second-order valence-electron chi connectivity index (χ2n) is 12.9. The first kappa shape index (κ1) is 35.1. The molecule has 0 aromatic heterocycles. The zero-order valence-electron chi connectivity index (χ0n) is 26.1. The first-order chi connectivity index (χ1) is 18.7. The second-order valence-corrected chi connectivity index (χ2v) is 12.9. The molecule has 1 aliphatic carbocycles. The molecule has 2 nitrogen and oxygen atoms in total. The average Bonchev–Trinajstić information content (AvgIpc) is 2.94. The molecular formula is C36H68N2. The lowest BCUT2D eigenvalue weighted by Gasteiger charge is -2.17. The highest BCUT2D eigenvalue weighted by atomic mass is 15.1. The van der Waals surface area contributed by atoms with Gasteiger partial charge in [-0.3, -0.25) is 0 Å². The summed E-state index contributed by atoms with van der Waals surface area (Å²) in [5.41, 5.74) is 1.32. The third-order valence-electron chi connectivity index (χ3n) is 8.94. The molecule has 0 bridgehead atoms. The number of rotatable bonds is 21. The third-order valence-corrected chi connectivity index (χ3v) is 8.94. The van der Waals surface area contributed by atoms with Gasteiger partial charge in [-0.1, -0.05) is 166 Å². The molecule has 0 heterocycles. The van der Waals surface area contributed by atoms with Crippen molar-refractivity contribution in [2.24, 2.45) is 5.92 Å². The molecule has 0 aromatic carbocycles. The highest BCUT2D eigenvalue weighted by molar-refractivity contribution is 4.87. The Balaban J connectivity index is 1.91. The van der Waals surface area contributed by atoms with Crippen molar-refractivity contribution in [2.45, 2.75) is 193 Å². The van der Waals surface area contributed by atoms with Crippen LogP contribution in [-0.2, 0) is 0 Å². The summed E-state index contributed by atoms with van der Waals surface area (Å²) in [7, 11) is 0. The first-order valence-corrected chi connectivity index (χ1v) is 17.5. The third kappa shape index (κ3) is 24.1. The van der Waals surface area contributed by atoms with Gasteiger partial charge in [0.05, 0.1) is 0 Å². The number of nitrogens with zero attached hydrogens (tertiary/aromatic N) is 2. The summed E-state index contributed by atoms with van der Waals surface area (Å²) in [6, 6.07) is 0. The molecule has 1 aliphatic rings. The Morgan fingerprint density at radius 2 is 0.947 bits per heavy atom. The minimum atomic E-state index is 0.965. The summed E-state index contributed by atoms with van der Waals surface area (Å²) in [6.07, 6.45) is 43.1. The molecule has 2 heteroatoms. The Labute approximate surface area is 240 Å². The van der Waals surface area contributed by atoms with Gasteiger partial charge in [-0.05, 0) is 38.5 Å². The van der Waals surface area contributed by atoms with Gasteiger partial charge in [0.25, 0.3) is 0 Å². The van der Waals surface area contributed by atoms with E-state index in [1.54, 1.807) is 0 Å². The van der Waals surface area contributed by atoms with Gasteiger partial charge in [0.15, 0.2) is 6.19 Å². The maximum atomic E-state index is 9.45. The molecular weight excluding hydrogens is 460 g/mol. The van der Waals surface area contributed by atoms with Crippen LogP contribution in [0.15, 0.2) is 12.2 Å². The average molecular weight is 529 g/mol. The molecule has 38 heavy (non-hydrogen) atoms. The number of hydrogen-bond acceptors (Lipinski definition) is 2. The number of unbranched alkanes of at least 4 members (excludes halogenated alkanes) is 13. The van der Waals surface area contributed by atoms with Crippen LogP contribution in [0.5, 0.6) is 0 Å². The van der Waals surface area contributed by atoms with Gasteiger partial charge in [-0.15, -0.1) is 6.58 Å². The fraction of sp³-hybridized carbons (Fsp3) is 0.917. The van der Waals surface area contributed by atoms with Gasteiger partial charge in [0, 0.05) is 13.1 Å². The molecule has 0 aromatic rings. The maximum Gasteiger partial charge on any atom is 0.179 e. The van der Waals surface area contributed by atoms with E-state index in [0.717, 1.165) is 19.0 Å². The lowest BCUT2D eigenvalue weighted by Crippen LogP contribution is -2.20. The van der Waals surface area contributed by atoms with E-state index in [1.165, 1.54) is 192 Å².